The molecule has 0 saturated heterocycles. The summed E-state index contributed by atoms with van der Waals surface area (Å²) in [5, 5.41) is 12.4. The van der Waals surface area contributed by atoms with E-state index in [0.29, 0.717) is 6.04 Å². The van der Waals surface area contributed by atoms with Crippen LogP contribution in [0.2, 0.25) is 0 Å². The van der Waals surface area contributed by atoms with Gasteiger partial charge in [0, 0.05) is 15.5 Å². The molecule has 3 heteroatoms. The third kappa shape index (κ3) is 4.98. The van der Waals surface area contributed by atoms with Gasteiger partial charge in [0.05, 0.1) is 6.61 Å². The number of aliphatic hydroxyl groups excluding tert-OH is 1. The van der Waals surface area contributed by atoms with Gasteiger partial charge in [-0.25, -0.2) is 0 Å². The SMILES string of the molecule is CC(C)NC(CO)C(C)(C)I. The molecule has 1 unspecified atom stereocenters. The van der Waals surface area contributed by atoms with E-state index in [0.717, 1.165) is 0 Å². The zero-order valence-electron chi connectivity index (χ0n) is 7.69. The average molecular weight is 271 g/mol. The Kier molecular flexibility index (Phi) is 4.89. The molecule has 0 radical (unpaired) electrons. The number of halogens is 1. The number of alkyl halides is 1. The summed E-state index contributed by atoms with van der Waals surface area (Å²) in [6.07, 6.45) is 0. The van der Waals surface area contributed by atoms with Crippen LogP contribution in [0.1, 0.15) is 27.7 Å². The molecule has 2 N–H and O–H groups in total. The molecule has 0 aliphatic heterocycles. The summed E-state index contributed by atoms with van der Waals surface area (Å²) in [7, 11) is 0. The molecule has 11 heavy (non-hydrogen) atoms. The van der Waals surface area contributed by atoms with Crippen LogP contribution >= 0.6 is 22.6 Å². The maximum Gasteiger partial charge on any atom is 0.0597 e. The average Bonchev–Trinajstić information content (AvgIpc) is 1.79. The number of hydrogen-bond acceptors (Lipinski definition) is 2. The monoisotopic (exact) mass is 271 g/mol. The Labute approximate surface area is 82.9 Å². The van der Waals surface area contributed by atoms with E-state index in [1.165, 1.54) is 0 Å². The van der Waals surface area contributed by atoms with Crippen LogP contribution in [0.3, 0.4) is 0 Å². The van der Waals surface area contributed by atoms with Gasteiger partial charge in [0.25, 0.3) is 0 Å². The fourth-order valence-corrected chi connectivity index (χ4v) is 1.25. The fourth-order valence-electron chi connectivity index (χ4n) is 0.870. The molecule has 0 aromatic carbocycles. The maximum absolute atomic E-state index is 9.04. The van der Waals surface area contributed by atoms with E-state index in [9.17, 15) is 0 Å². The Balaban J connectivity index is 3.96. The molecule has 0 aliphatic carbocycles. The highest BCUT2D eigenvalue weighted by Gasteiger charge is 2.25. The van der Waals surface area contributed by atoms with Gasteiger partial charge in [0.15, 0.2) is 0 Å². The summed E-state index contributed by atoms with van der Waals surface area (Å²) >= 11 is 2.35. The Bertz CT molecular complexity index is 109. The number of hydrogen-bond donors (Lipinski definition) is 2. The molecule has 0 rings (SSSR count). The molecular weight excluding hydrogens is 253 g/mol. The predicted octanol–water partition coefficient (Wildman–Crippen LogP) is 1.56. The molecule has 0 fully saturated rings. The zero-order chi connectivity index (χ0) is 9.07. The molecule has 1 atom stereocenters. The molecule has 0 heterocycles. The fraction of sp³-hybridized carbons (Fsp3) is 1.00. The first-order valence-electron chi connectivity index (χ1n) is 3.93. The van der Waals surface area contributed by atoms with Gasteiger partial charge in [-0.3, -0.25) is 0 Å². The standard InChI is InChI=1S/C8H18INO/c1-6(2)10-7(5-11)8(3,4)9/h6-7,10-11H,5H2,1-4H3. The van der Waals surface area contributed by atoms with Crippen molar-refractivity contribution in [2.24, 2.45) is 0 Å². The summed E-state index contributed by atoms with van der Waals surface area (Å²) in [5.41, 5.74) is 0. The first-order chi connectivity index (χ1) is 4.88. The van der Waals surface area contributed by atoms with Gasteiger partial charge in [-0.05, 0) is 13.8 Å². The molecule has 0 aromatic rings. The lowest BCUT2D eigenvalue weighted by Gasteiger charge is -2.29. The summed E-state index contributed by atoms with van der Waals surface area (Å²) in [4.78, 5) is 0. The van der Waals surface area contributed by atoms with E-state index in [1.54, 1.807) is 0 Å². The number of rotatable bonds is 4. The van der Waals surface area contributed by atoms with Crippen molar-refractivity contribution in [3.63, 3.8) is 0 Å². The normalized spacial score (nSPS) is 15.5. The molecule has 0 aromatic heterocycles. The van der Waals surface area contributed by atoms with Crippen LogP contribution in [-0.2, 0) is 0 Å². The number of aliphatic hydroxyl groups is 1. The molecule has 0 amide bonds. The van der Waals surface area contributed by atoms with E-state index >= 15 is 0 Å². The van der Waals surface area contributed by atoms with Crippen LogP contribution in [-0.4, -0.2) is 27.2 Å². The minimum atomic E-state index is 0.108. The topological polar surface area (TPSA) is 32.3 Å². The van der Waals surface area contributed by atoms with Crippen molar-refractivity contribution in [3.8, 4) is 0 Å². The van der Waals surface area contributed by atoms with Crippen molar-refractivity contribution >= 4 is 22.6 Å². The second-order valence-corrected chi connectivity index (χ2v) is 6.40. The molecule has 0 aliphatic rings. The van der Waals surface area contributed by atoms with Gasteiger partial charge < -0.3 is 10.4 Å². The quantitative estimate of drug-likeness (QED) is 0.600. The van der Waals surface area contributed by atoms with E-state index in [2.05, 4.69) is 55.6 Å². The molecule has 0 spiro atoms. The van der Waals surface area contributed by atoms with Crippen molar-refractivity contribution in [2.45, 2.75) is 43.2 Å². The first-order valence-corrected chi connectivity index (χ1v) is 5.01. The van der Waals surface area contributed by atoms with Gasteiger partial charge in [-0.2, -0.15) is 0 Å². The Hall–Kier alpha value is 0.650. The van der Waals surface area contributed by atoms with Crippen LogP contribution < -0.4 is 5.32 Å². The summed E-state index contributed by atoms with van der Waals surface area (Å²) in [5.74, 6) is 0. The van der Waals surface area contributed by atoms with Crippen molar-refractivity contribution in [1.29, 1.82) is 0 Å². The van der Waals surface area contributed by atoms with Gasteiger partial charge >= 0.3 is 0 Å². The predicted molar refractivity (Wildman–Crippen MR) is 57.2 cm³/mol. The highest BCUT2D eigenvalue weighted by atomic mass is 127. The zero-order valence-corrected chi connectivity index (χ0v) is 9.84. The molecule has 2 nitrogen and oxygen atoms in total. The molecular formula is C8H18INO. The van der Waals surface area contributed by atoms with Crippen LogP contribution in [0, 0.1) is 0 Å². The van der Waals surface area contributed by atoms with Crippen LogP contribution in [0.5, 0.6) is 0 Å². The second-order valence-electron chi connectivity index (χ2n) is 3.62. The second kappa shape index (κ2) is 4.62. The van der Waals surface area contributed by atoms with Crippen LogP contribution in [0.25, 0.3) is 0 Å². The third-order valence-corrected chi connectivity index (χ3v) is 2.30. The lowest BCUT2D eigenvalue weighted by atomic mass is 10.0. The number of nitrogens with one attached hydrogen (secondary N) is 1. The van der Waals surface area contributed by atoms with E-state index < -0.39 is 0 Å². The summed E-state index contributed by atoms with van der Waals surface area (Å²) in [6.45, 7) is 8.61. The van der Waals surface area contributed by atoms with E-state index in [1.807, 2.05) is 0 Å². The first kappa shape index (κ1) is 11.6. The largest absolute Gasteiger partial charge is 0.395 e. The Morgan fingerprint density at radius 2 is 1.91 bits per heavy atom. The summed E-state index contributed by atoms with van der Waals surface area (Å²) in [6, 6.07) is 0.615. The highest BCUT2D eigenvalue weighted by Crippen LogP contribution is 2.21. The van der Waals surface area contributed by atoms with Crippen LogP contribution in [0.15, 0.2) is 0 Å². The Morgan fingerprint density at radius 3 is 2.00 bits per heavy atom. The summed E-state index contributed by atoms with van der Waals surface area (Å²) < 4.78 is 0.108. The van der Waals surface area contributed by atoms with E-state index in [4.69, 9.17) is 5.11 Å². The molecule has 68 valence electrons. The lowest BCUT2D eigenvalue weighted by Crippen LogP contribution is -2.48. The van der Waals surface area contributed by atoms with Crippen molar-refractivity contribution in [1.82, 2.24) is 5.32 Å². The highest BCUT2D eigenvalue weighted by molar-refractivity contribution is 14.1. The minimum Gasteiger partial charge on any atom is -0.395 e. The molecule has 0 saturated carbocycles. The lowest BCUT2D eigenvalue weighted by molar-refractivity contribution is 0.219. The van der Waals surface area contributed by atoms with E-state index in [-0.39, 0.29) is 16.1 Å². The van der Waals surface area contributed by atoms with Gasteiger partial charge in [-0.15, -0.1) is 0 Å². The molecule has 0 bridgehead atoms. The Morgan fingerprint density at radius 1 is 1.45 bits per heavy atom. The van der Waals surface area contributed by atoms with Crippen molar-refractivity contribution in [3.05, 3.63) is 0 Å². The third-order valence-electron chi connectivity index (χ3n) is 1.55. The van der Waals surface area contributed by atoms with Crippen LogP contribution in [0.4, 0.5) is 0 Å². The van der Waals surface area contributed by atoms with Crippen molar-refractivity contribution < 1.29 is 5.11 Å². The van der Waals surface area contributed by atoms with Crippen molar-refractivity contribution in [2.75, 3.05) is 6.61 Å². The smallest absolute Gasteiger partial charge is 0.0597 e. The van der Waals surface area contributed by atoms with Gasteiger partial charge in [-0.1, -0.05) is 36.4 Å². The van der Waals surface area contributed by atoms with Gasteiger partial charge in [0.1, 0.15) is 0 Å². The maximum atomic E-state index is 9.04. The van der Waals surface area contributed by atoms with Gasteiger partial charge in [0.2, 0.25) is 0 Å². The minimum absolute atomic E-state index is 0.108.